The fraction of sp³-hybridized carbons (Fsp3) is 0.348. The summed E-state index contributed by atoms with van der Waals surface area (Å²) >= 11 is 0. The number of nitrogens with zero attached hydrogens (tertiary/aromatic N) is 2. The third-order valence-corrected chi connectivity index (χ3v) is 5.09. The van der Waals surface area contributed by atoms with Gasteiger partial charge in [-0.05, 0) is 68.1 Å². The molecule has 164 valence electrons. The largest absolute Gasteiger partial charge is 0.416 e. The molecule has 0 radical (unpaired) electrons. The normalized spacial score (nSPS) is 16.5. The van der Waals surface area contributed by atoms with Gasteiger partial charge in [-0.1, -0.05) is 19.1 Å². The van der Waals surface area contributed by atoms with E-state index in [0.717, 1.165) is 23.3 Å². The lowest BCUT2D eigenvalue weighted by Crippen LogP contribution is -2.29. The first-order chi connectivity index (χ1) is 14.5. The first-order valence-corrected chi connectivity index (χ1v) is 9.99. The molecule has 1 aliphatic rings. The van der Waals surface area contributed by atoms with Crippen LogP contribution in [0, 0.1) is 13.8 Å². The highest BCUT2D eigenvalue weighted by Crippen LogP contribution is 2.45. The molecule has 0 bridgehead atoms. The van der Waals surface area contributed by atoms with Crippen LogP contribution in [0.3, 0.4) is 0 Å². The first-order valence-electron chi connectivity index (χ1n) is 9.99. The van der Waals surface area contributed by atoms with Crippen molar-refractivity contribution in [1.29, 1.82) is 0 Å². The van der Waals surface area contributed by atoms with E-state index in [1.165, 1.54) is 11.0 Å². The summed E-state index contributed by atoms with van der Waals surface area (Å²) in [5.74, 6) is -1.59. The summed E-state index contributed by atoms with van der Waals surface area (Å²) in [5, 5.41) is 4.06. The Bertz CT molecular complexity index is 1040. The van der Waals surface area contributed by atoms with Gasteiger partial charge in [0.1, 0.15) is 5.92 Å². The molecule has 3 rings (SSSR count). The Morgan fingerprint density at radius 3 is 2.35 bits per heavy atom. The van der Waals surface area contributed by atoms with E-state index in [4.69, 9.17) is 0 Å². The minimum absolute atomic E-state index is 0.171. The van der Waals surface area contributed by atoms with Gasteiger partial charge in [0.25, 0.3) is 0 Å². The number of hydrazone groups is 1. The number of nitrogens with one attached hydrogen (secondary N) is 1. The van der Waals surface area contributed by atoms with Gasteiger partial charge >= 0.3 is 6.18 Å². The number of alkyl halides is 3. The van der Waals surface area contributed by atoms with Crippen LogP contribution in [0.1, 0.15) is 54.9 Å². The van der Waals surface area contributed by atoms with Crippen LogP contribution < -0.4 is 10.3 Å². The second kappa shape index (κ2) is 8.53. The molecule has 31 heavy (non-hydrogen) atoms. The lowest BCUT2D eigenvalue weighted by Gasteiger charge is -2.20. The smallest absolute Gasteiger partial charge is 0.280 e. The van der Waals surface area contributed by atoms with Crippen LogP contribution in [0.25, 0.3) is 0 Å². The minimum Gasteiger partial charge on any atom is -0.280 e. The third kappa shape index (κ3) is 4.62. The average Bonchev–Trinajstić information content (AvgIpc) is 2.96. The number of fused-ring (bicyclic) bond motifs is 1. The van der Waals surface area contributed by atoms with E-state index in [-0.39, 0.29) is 18.0 Å². The van der Waals surface area contributed by atoms with E-state index >= 15 is 0 Å². The number of rotatable bonds is 5. The second-order valence-electron chi connectivity index (χ2n) is 7.76. The molecule has 1 heterocycles. The van der Waals surface area contributed by atoms with Crippen molar-refractivity contribution in [3.63, 3.8) is 0 Å². The van der Waals surface area contributed by atoms with Crippen molar-refractivity contribution in [2.45, 2.75) is 52.6 Å². The van der Waals surface area contributed by atoms with Gasteiger partial charge in [-0.2, -0.15) is 18.3 Å². The van der Waals surface area contributed by atoms with E-state index in [9.17, 15) is 22.8 Å². The molecule has 2 aromatic carbocycles. The molecule has 0 aromatic heterocycles. The molecule has 0 aliphatic carbocycles. The quantitative estimate of drug-likeness (QED) is 0.511. The van der Waals surface area contributed by atoms with Gasteiger partial charge in [-0.3, -0.25) is 14.5 Å². The van der Waals surface area contributed by atoms with Crippen LogP contribution in [-0.2, 0) is 15.8 Å². The van der Waals surface area contributed by atoms with Crippen molar-refractivity contribution in [2.75, 3.05) is 4.90 Å². The summed E-state index contributed by atoms with van der Waals surface area (Å²) in [6.07, 6.45) is -3.61. The molecular weight excluding hydrogens is 407 g/mol. The summed E-state index contributed by atoms with van der Waals surface area (Å²) in [5.41, 5.74) is 4.75. The molecule has 0 saturated heterocycles. The molecule has 2 amide bonds. The van der Waals surface area contributed by atoms with E-state index in [1.54, 1.807) is 19.1 Å². The first kappa shape index (κ1) is 22.5. The van der Waals surface area contributed by atoms with Crippen molar-refractivity contribution in [3.05, 3.63) is 58.7 Å². The van der Waals surface area contributed by atoms with Crippen molar-refractivity contribution < 1.29 is 22.8 Å². The van der Waals surface area contributed by atoms with E-state index in [2.05, 4.69) is 10.5 Å². The van der Waals surface area contributed by atoms with Crippen LogP contribution in [0.15, 0.2) is 41.5 Å². The number of benzene rings is 2. The Morgan fingerprint density at radius 1 is 1.13 bits per heavy atom. The zero-order chi connectivity index (χ0) is 22.9. The maximum Gasteiger partial charge on any atom is 0.416 e. The number of halogens is 3. The number of carbonyl (C=O) groups is 2. The Kier molecular flexibility index (Phi) is 6.20. The van der Waals surface area contributed by atoms with E-state index in [1.807, 2.05) is 26.8 Å². The zero-order valence-corrected chi connectivity index (χ0v) is 17.8. The van der Waals surface area contributed by atoms with Crippen molar-refractivity contribution >= 4 is 28.9 Å². The van der Waals surface area contributed by atoms with Gasteiger partial charge in [0, 0.05) is 12.1 Å². The van der Waals surface area contributed by atoms with Crippen molar-refractivity contribution in [2.24, 2.45) is 5.10 Å². The summed E-state index contributed by atoms with van der Waals surface area (Å²) in [6.45, 7) is 7.16. The molecule has 2 aromatic rings. The van der Waals surface area contributed by atoms with Gasteiger partial charge in [0.2, 0.25) is 11.8 Å². The van der Waals surface area contributed by atoms with Crippen LogP contribution in [-0.4, -0.2) is 17.5 Å². The lowest BCUT2D eigenvalue weighted by molar-refractivity contribution is -0.137. The molecule has 1 aliphatic heterocycles. The highest BCUT2D eigenvalue weighted by Gasteiger charge is 2.42. The molecule has 1 atom stereocenters. The molecular formula is C23H24F3N3O2. The summed E-state index contributed by atoms with van der Waals surface area (Å²) < 4.78 is 40.1. The summed E-state index contributed by atoms with van der Waals surface area (Å²) in [6, 6.07) is 8.71. The summed E-state index contributed by atoms with van der Waals surface area (Å²) in [7, 11) is 0. The molecule has 0 saturated carbocycles. The third-order valence-electron chi connectivity index (χ3n) is 5.09. The lowest BCUT2D eigenvalue weighted by atomic mass is 9.95. The Hall–Kier alpha value is -3.16. The standard InChI is InChI=1S/C23H24F3N3O2/c1-5-6-20(30)28-27-15(4)21-18-8-7-16(23(24,25)26)12-19(18)29(22(21)31)17-10-13(2)9-14(3)11-17/h7-12,21H,5-6H2,1-4H3,(H,28,30)/b27-15-. The second-order valence-corrected chi connectivity index (χ2v) is 7.76. The summed E-state index contributed by atoms with van der Waals surface area (Å²) in [4.78, 5) is 26.5. The number of aryl methyl sites for hydroxylation is 2. The highest BCUT2D eigenvalue weighted by atomic mass is 19.4. The van der Waals surface area contributed by atoms with Gasteiger partial charge in [0.05, 0.1) is 17.0 Å². The van der Waals surface area contributed by atoms with E-state index in [0.29, 0.717) is 23.4 Å². The fourth-order valence-electron chi connectivity index (χ4n) is 3.79. The van der Waals surface area contributed by atoms with Crippen LogP contribution in [0.5, 0.6) is 0 Å². The number of hydrogen-bond acceptors (Lipinski definition) is 3. The predicted molar refractivity (Wildman–Crippen MR) is 113 cm³/mol. The minimum atomic E-state index is -4.54. The van der Waals surface area contributed by atoms with Gasteiger partial charge < -0.3 is 0 Å². The highest BCUT2D eigenvalue weighted by molar-refractivity contribution is 6.22. The van der Waals surface area contributed by atoms with Crippen molar-refractivity contribution in [3.8, 4) is 0 Å². The predicted octanol–water partition coefficient (Wildman–Crippen LogP) is 5.38. The molecule has 8 heteroatoms. The van der Waals surface area contributed by atoms with Crippen molar-refractivity contribution in [1.82, 2.24) is 5.43 Å². The molecule has 0 fully saturated rings. The van der Waals surface area contributed by atoms with Gasteiger partial charge in [-0.15, -0.1) is 0 Å². The number of anilines is 2. The van der Waals surface area contributed by atoms with Crippen LogP contribution >= 0.6 is 0 Å². The maximum absolute atomic E-state index is 13.4. The van der Waals surface area contributed by atoms with Crippen LogP contribution in [0.4, 0.5) is 24.5 Å². The monoisotopic (exact) mass is 431 g/mol. The maximum atomic E-state index is 13.4. The topological polar surface area (TPSA) is 61.8 Å². The van der Waals surface area contributed by atoms with Crippen LogP contribution in [0.2, 0.25) is 0 Å². The van der Waals surface area contributed by atoms with E-state index < -0.39 is 23.6 Å². The van der Waals surface area contributed by atoms with Gasteiger partial charge in [-0.25, -0.2) is 5.43 Å². The molecule has 1 unspecified atom stereocenters. The van der Waals surface area contributed by atoms with Gasteiger partial charge in [0.15, 0.2) is 0 Å². The SMILES string of the molecule is CCCC(=O)N/N=C(/C)C1C(=O)N(c2cc(C)cc(C)c2)c2cc(C(F)(F)F)ccc21. The Morgan fingerprint density at radius 2 is 1.77 bits per heavy atom. The molecule has 1 N–H and O–H groups in total. The number of carbonyl (C=O) groups excluding carboxylic acids is 2. The number of hydrogen-bond donors (Lipinski definition) is 1. The zero-order valence-electron chi connectivity index (χ0n) is 17.8. The Balaban J connectivity index is 2.11. The Labute approximate surface area is 178 Å². The fourth-order valence-corrected chi connectivity index (χ4v) is 3.79. The number of amides is 2. The average molecular weight is 431 g/mol. The molecule has 0 spiro atoms. The molecule has 5 nitrogen and oxygen atoms in total.